The van der Waals surface area contributed by atoms with Gasteiger partial charge < -0.3 is 24.1 Å². The number of ether oxygens (including phenoxy) is 4. The van der Waals surface area contributed by atoms with Gasteiger partial charge in [-0.05, 0) is 49.7 Å². The highest BCUT2D eigenvalue weighted by Crippen LogP contribution is 2.47. The van der Waals surface area contributed by atoms with Crippen molar-refractivity contribution >= 4 is 39.9 Å². The Balaban J connectivity index is 1.86. The van der Waals surface area contributed by atoms with E-state index in [1.807, 2.05) is 0 Å². The van der Waals surface area contributed by atoms with Crippen LogP contribution in [-0.2, 0) is 14.3 Å². The number of nitrogens with zero attached hydrogens (tertiary/aromatic N) is 2. The molecule has 1 unspecified atom stereocenters. The first-order valence-corrected chi connectivity index (χ1v) is 14.1. The van der Waals surface area contributed by atoms with Crippen molar-refractivity contribution in [2.75, 3.05) is 32.3 Å². The number of hydrogen-bond donors (Lipinski definition) is 1. The largest absolute Gasteiger partial charge is 0.507 e. The summed E-state index contributed by atoms with van der Waals surface area (Å²) in [5, 5.41) is 11.6. The average molecular weight is 593 g/mol. The summed E-state index contributed by atoms with van der Waals surface area (Å²) < 4.78 is 21.8. The molecule has 1 aromatic heterocycles. The molecule has 0 bridgehead atoms. The molecule has 220 valence electrons. The average Bonchev–Trinajstić information content (AvgIpc) is 3.51. The van der Waals surface area contributed by atoms with Gasteiger partial charge in [0.15, 0.2) is 5.13 Å². The molecule has 11 heteroatoms. The van der Waals surface area contributed by atoms with Gasteiger partial charge in [-0.1, -0.05) is 37.3 Å². The lowest BCUT2D eigenvalue weighted by Gasteiger charge is -2.24. The first-order valence-electron chi connectivity index (χ1n) is 13.3. The Bertz CT molecular complexity index is 1530. The van der Waals surface area contributed by atoms with E-state index in [1.54, 1.807) is 49.4 Å². The van der Waals surface area contributed by atoms with Crippen LogP contribution < -0.4 is 19.1 Å². The summed E-state index contributed by atoms with van der Waals surface area (Å²) in [6.07, 6.45) is 3.33. The van der Waals surface area contributed by atoms with E-state index in [9.17, 15) is 19.5 Å². The quantitative estimate of drug-likeness (QED) is 0.0713. The summed E-state index contributed by atoms with van der Waals surface area (Å²) in [7, 11) is 2.95. The van der Waals surface area contributed by atoms with Gasteiger partial charge >= 0.3 is 11.9 Å². The SMILES string of the molecule is C=CCOC(=O)c1sc(N2C(=O)C(=O)/C(=C(/O)c3ccc(OCCCC)cc3)C2c2ccc(OC)cc2OC)nc1C. The number of ketones is 1. The molecule has 1 atom stereocenters. The third-order valence-electron chi connectivity index (χ3n) is 6.58. The number of carbonyl (C=O) groups excluding carboxylic acids is 3. The number of benzene rings is 2. The second kappa shape index (κ2) is 13.3. The van der Waals surface area contributed by atoms with E-state index in [2.05, 4.69) is 18.5 Å². The first kappa shape index (κ1) is 30.3. The molecule has 4 rings (SSSR count). The lowest BCUT2D eigenvalue weighted by Crippen LogP contribution is -2.29. The van der Waals surface area contributed by atoms with Gasteiger partial charge in [0.05, 0.1) is 32.1 Å². The van der Waals surface area contributed by atoms with Crippen molar-refractivity contribution in [3.05, 3.63) is 82.4 Å². The number of unbranched alkanes of at least 4 members (excludes halogenated alkanes) is 1. The number of aliphatic hydroxyl groups excluding tert-OH is 1. The molecule has 1 amide bonds. The number of esters is 1. The molecule has 1 aliphatic rings. The highest BCUT2D eigenvalue weighted by Gasteiger charge is 2.49. The maximum atomic E-state index is 13.6. The highest BCUT2D eigenvalue weighted by molar-refractivity contribution is 7.17. The molecular formula is C31H32N2O8S. The van der Waals surface area contributed by atoms with Crippen LogP contribution in [-0.4, -0.2) is 55.2 Å². The Morgan fingerprint density at radius 1 is 1.12 bits per heavy atom. The zero-order valence-electron chi connectivity index (χ0n) is 23.8. The molecule has 1 N–H and O–H groups in total. The minimum atomic E-state index is -1.13. The number of aromatic nitrogens is 1. The number of amides is 1. The molecule has 1 saturated heterocycles. The molecule has 2 heterocycles. The van der Waals surface area contributed by atoms with Gasteiger partial charge in [0, 0.05) is 17.2 Å². The molecular weight excluding hydrogens is 560 g/mol. The van der Waals surface area contributed by atoms with E-state index in [1.165, 1.54) is 25.2 Å². The molecule has 0 radical (unpaired) electrons. The van der Waals surface area contributed by atoms with Crippen molar-refractivity contribution in [3.8, 4) is 17.2 Å². The Morgan fingerprint density at radius 2 is 1.83 bits per heavy atom. The van der Waals surface area contributed by atoms with Crippen LogP contribution in [0.4, 0.5) is 5.13 Å². The van der Waals surface area contributed by atoms with Crippen LogP contribution in [0.5, 0.6) is 17.2 Å². The maximum absolute atomic E-state index is 13.6. The summed E-state index contributed by atoms with van der Waals surface area (Å²) in [4.78, 5) is 45.6. The first-order chi connectivity index (χ1) is 20.2. The lowest BCUT2D eigenvalue weighted by molar-refractivity contribution is -0.132. The minimum absolute atomic E-state index is 0.00149. The topological polar surface area (TPSA) is 124 Å². The van der Waals surface area contributed by atoms with E-state index in [-0.39, 0.29) is 27.9 Å². The fraction of sp³-hybridized carbons (Fsp3) is 0.290. The summed E-state index contributed by atoms with van der Waals surface area (Å²) in [6, 6.07) is 10.4. The van der Waals surface area contributed by atoms with Gasteiger partial charge in [-0.2, -0.15) is 0 Å². The van der Waals surface area contributed by atoms with Gasteiger partial charge in [-0.3, -0.25) is 14.5 Å². The zero-order valence-corrected chi connectivity index (χ0v) is 24.7. The molecule has 42 heavy (non-hydrogen) atoms. The molecule has 0 spiro atoms. The van der Waals surface area contributed by atoms with Gasteiger partial charge in [-0.15, -0.1) is 0 Å². The fourth-order valence-corrected chi connectivity index (χ4v) is 5.43. The van der Waals surface area contributed by atoms with Gasteiger partial charge in [0.25, 0.3) is 5.78 Å². The number of hydrogen-bond acceptors (Lipinski definition) is 10. The number of aryl methyl sites for hydroxylation is 1. The number of Topliss-reactive ketones (excluding diaryl/α,β-unsaturated/α-hetero) is 1. The third kappa shape index (κ3) is 6.01. The number of thiazole rings is 1. The predicted molar refractivity (Wildman–Crippen MR) is 159 cm³/mol. The molecule has 0 aliphatic carbocycles. The van der Waals surface area contributed by atoms with Crippen LogP contribution >= 0.6 is 11.3 Å². The monoisotopic (exact) mass is 592 g/mol. The van der Waals surface area contributed by atoms with Crippen molar-refractivity contribution in [2.24, 2.45) is 0 Å². The standard InChI is InChI=1S/C31H32N2O8S/c1-6-8-16-40-20-11-9-19(10-12-20)26(34)24-25(22-14-13-21(38-4)17-23(22)39-5)33(29(36)27(24)35)31-32-18(3)28(42-31)30(37)41-15-7-2/h7,9-14,17,25,34H,2,6,8,15-16H2,1,3-5H3/b26-24+. The Kier molecular flexibility index (Phi) is 9.64. The molecule has 1 fully saturated rings. The van der Waals surface area contributed by atoms with E-state index >= 15 is 0 Å². The molecule has 0 saturated carbocycles. The number of carbonyl (C=O) groups is 3. The molecule has 1 aliphatic heterocycles. The smallest absolute Gasteiger partial charge is 0.350 e. The van der Waals surface area contributed by atoms with Crippen molar-refractivity contribution in [2.45, 2.75) is 32.7 Å². The molecule has 10 nitrogen and oxygen atoms in total. The van der Waals surface area contributed by atoms with Gasteiger partial charge in [0.2, 0.25) is 0 Å². The van der Waals surface area contributed by atoms with E-state index in [0.717, 1.165) is 24.2 Å². The van der Waals surface area contributed by atoms with Crippen LogP contribution in [0.2, 0.25) is 0 Å². The van der Waals surface area contributed by atoms with E-state index in [4.69, 9.17) is 18.9 Å². The van der Waals surface area contributed by atoms with E-state index < -0.39 is 23.7 Å². The highest BCUT2D eigenvalue weighted by atomic mass is 32.1. The molecule has 3 aromatic rings. The van der Waals surface area contributed by atoms with Crippen molar-refractivity contribution in [3.63, 3.8) is 0 Å². The normalized spacial score (nSPS) is 15.9. The number of rotatable bonds is 12. The van der Waals surface area contributed by atoms with Crippen LogP contribution in [0, 0.1) is 6.92 Å². The van der Waals surface area contributed by atoms with Crippen LogP contribution in [0.15, 0.2) is 60.7 Å². The Hall–Kier alpha value is -4.64. The fourth-order valence-electron chi connectivity index (χ4n) is 4.44. The second-order valence-electron chi connectivity index (χ2n) is 9.30. The number of anilines is 1. The molecule has 2 aromatic carbocycles. The van der Waals surface area contributed by atoms with Gasteiger partial charge in [0.1, 0.15) is 40.5 Å². The minimum Gasteiger partial charge on any atom is -0.507 e. The third-order valence-corrected chi connectivity index (χ3v) is 7.72. The van der Waals surface area contributed by atoms with Crippen LogP contribution in [0.25, 0.3) is 5.76 Å². The van der Waals surface area contributed by atoms with Crippen molar-refractivity contribution in [1.82, 2.24) is 4.98 Å². The Labute approximate surface area is 247 Å². The van der Waals surface area contributed by atoms with Crippen LogP contribution in [0.3, 0.4) is 0 Å². The number of methoxy groups -OCH3 is 2. The summed E-state index contributed by atoms with van der Waals surface area (Å²) >= 11 is 0.908. The second-order valence-corrected chi connectivity index (χ2v) is 10.3. The van der Waals surface area contributed by atoms with E-state index in [0.29, 0.717) is 40.7 Å². The lowest BCUT2D eigenvalue weighted by atomic mass is 9.94. The predicted octanol–water partition coefficient (Wildman–Crippen LogP) is 5.62. The summed E-state index contributed by atoms with van der Waals surface area (Å²) in [5.74, 6) is -1.42. The zero-order chi connectivity index (χ0) is 30.4. The van der Waals surface area contributed by atoms with Crippen molar-refractivity contribution < 1.29 is 38.4 Å². The van der Waals surface area contributed by atoms with Crippen LogP contribution in [0.1, 0.15) is 52.3 Å². The summed E-state index contributed by atoms with van der Waals surface area (Å²) in [6.45, 7) is 7.77. The van der Waals surface area contributed by atoms with Gasteiger partial charge in [-0.25, -0.2) is 9.78 Å². The maximum Gasteiger partial charge on any atom is 0.350 e. The number of aliphatic hydroxyl groups is 1. The van der Waals surface area contributed by atoms with Crippen molar-refractivity contribution in [1.29, 1.82) is 0 Å². The summed E-state index contributed by atoms with van der Waals surface area (Å²) in [5.41, 5.74) is 0.886. The Morgan fingerprint density at radius 3 is 2.48 bits per heavy atom.